The first kappa shape index (κ1) is 14.1. The second-order valence-corrected chi connectivity index (χ2v) is 5.43. The van der Waals surface area contributed by atoms with Crippen molar-refractivity contribution in [2.45, 2.75) is 25.7 Å². The number of nitrogens with zero attached hydrogens (tertiary/aromatic N) is 2. The highest BCUT2D eigenvalue weighted by molar-refractivity contribution is 5.26. The Kier molecular flexibility index (Phi) is 4.50. The lowest BCUT2D eigenvalue weighted by Gasteiger charge is -2.10. The fourth-order valence-electron chi connectivity index (χ4n) is 2.66. The summed E-state index contributed by atoms with van der Waals surface area (Å²) >= 11 is 0. The first-order valence-electron chi connectivity index (χ1n) is 7.56. The van der Waals surface area contributed by atoms with E-state index >= 15 is 0 Å². The minimum absolute atomic E-state index is 0.157. The molecule has 21 heavy (non-hydrogen) atoms. The van der Waals surface area contributed by atoms with Gasteiger partial charge in [0.1, 0.15) is 0 Å². The van der Waals surface area contributed by atoms with Crippen molar-refractivity contribution in [1.82, 2.24) is 10.2 Å². The number of hydrogen-bond acceptors (Lipinski definition) is 5. The van der Waals surface area contributed by atoms with Crippen molar-refractivity contribution in [2.75, 3.05) is 25.1 Å². The van der Waals surface area contributed by atoms with E-state index in [0.717, 1.165) is 32.6 Å². The Morgan fingerprint density at radius 2 is 2.14 bits per heavy atom. The third-order valence-electron chi connectivity index (χ3n) is 3.91. The van der Waals surface area contributed by atoms with E-state index in [2.05, 4.69) is 34.6 Å². The highest BCUT2D eigenvalue weighted by Gasteiger charge is 2.20. The molecule has 2 aromatic rings. The number of anilines is 1. The summed E-state index contributed by atoms with van der Waals surface area (Å²) in [7, 11) is 0. The van der Waals surface area contributed by atoms with Crippen LogP contribution >= 0.6 is 0 Å². The molecule has 0 bridgehead atoms. The summed E-state index contributed by atoms with van der Waals surface area (Å²) in [5.41, 5.74) is 1.21. The van der Waals surface area contributed by atoms with Crippen LogP contribution in [0, 0.1) is 5.92 Å². The molecule has 1 saturated heterocycles. The van der Waals surface area contributed by atoms with Crippen LogP contribution in [-0.2, 0) is 4.74 Å². The molecule has 1 N–H and O–H groups in total. The smallest absolute Gasteiger partial charge is 0.315 e. The predicted molar refractivity (Wildman–Crippen MR) is 80.3 cm³/mol. The van der Waals surface area contributed by atoms with Crippen LogP contribution in [0.1, 0.15) is 37.1 Å². The zero-order valence-electron chi connectivity index (χ0n) is 12.3. The van der Waals surface area contributed by atoms with Gasteiger partial charge in [-0.2, -0.15) is 0 Å². The molecule has 0 aliphatic carbocycles. The van der Waals surface area contributed by atoms with Crippen LogP contribution in [0.4, 0.5) is 6.01 Å². The molecular weight excluding hydrogens is 266 g/mol. The topological polar surface area (TPSA) is 60.2 Å². The lowest BCUT2D eigenvalue weighted by atomic mass is 9.97. The van der Waals surface area contributed by atoms with Crippen LogP contribution in [0.25, 0.3) is 0 Å². The van der Waals surface area contributed by atoms with Crippen molar-refractivity contribution in [1.29, 1.82) is 0 Å². The van der Waals surface area contributed by atoms with Crippen molar-refractivity contribution in [3.63, 3.8) is 0 Å². The molecule has 1 aromatic heterocycles. The minimum Gasteiger partial charge on any atom is -0.407 e. The molecule has 0 amide bonds. The van der Waals surface area contributed by atoms with Gasteiger partial charge in [-0.05, 0) is 18.4 Å². The molecule has 2 atom stereocenters. The Labute approximate surface area is 124 Å². The van der Waals surface area contributed by atoms with E-state index in [1.807, 2.05) is 18.2 Å². The van der Waals surface area contributed by atoms with Crippen LogP contribution in [0.3, 0.4) is 0 Å². The van der Waals surface area contributed by atoms with Crippen LogP contribution in [0.2, 0.25) is 0 Å². The van der Waals surface area contributed by atoms with Gasteiger partial charge in [0.15, 0.2) is 0 Å². The molecule has 5 nitrogen and oxygen atoms in total. The molecule has 1 fully saturated rings. The van der Waals surface area contributed by atoms with Gasteiger partial charge < -0.3 is 14.5 Å². The van der Waals surface area contributed by atoms with Crippen molar-refractivity contribution < 1.29 is 9.15 Å². The summed E-state index contributed by atoms with van der Waals surface area (Å²) < 4.78 is 11.1. The van der Waals surface area contributed by atoms with Gasteiger partial charge in [-0.1, -0.05) is 42.4 Å². The summed E-state index contributed by atoms with van der Waals surface area (Å²) in [5.74, 6) is 1.37. The van der Waals surface area contributed by atoms with E-state index in [1.165, 1.54) is 5.56 Å². The van der Waals surface area contributed by atoms with Gasteiger partial charge in [0.2, 0.25) is 5.89 Å². The largest absolute Gasteiger partial charge is 0.407 e. The van der Waals surface area contributed by atoms with Gasteiger partial charge in [-0.15, -0.1) is 5.10 Å². The van der Waals surface area contributed by atoms with Crippen molar-refractivity contribution in [3.8, 4) is 0 Å². The van der Waals surface area contributed by atoms with Gasteiger partial charge in [0.25, 0.3) is 0 Å². The van der Waals surface area contributed by atoms with Crippen LogP contribution in [0.5, 0.6) is 0 Å². The third-order valence-corrected chi connectivity index (χ3v) is 3.91. The minimum atomic E-state index is 0.157. The maximum Gasteiger partial charge on any atom is 0.315 e. The Balaban J connectivity index is 1.65. The average molecular weight is 287 g/mol. The van der Waals surface area contributed by atoms with Gasteiger partial charge in [-0.3, -0.25) is 0 Å². The predicted octanol–water partition coefficient (Wildman–Crippen LogP) is 3.06. The molecule has 5 heteroatoms. The summed E-state index contributed by atoms with van der Waals surface area (Å²) in [6.45, 7) is 4.62. The van der Waals surface area contributed by atoms with Crippen molar-refractivity contribution in [2.24, 2.45) is 5.92 Å². The van der Waals surface area contributed by atoms with Gasteiger partial charge in [0, 0.05) is 19.1 Å². The summed E-state index contributed by atoms with van der Waals surface area (Å²) in [5, 5.41) is 11.5. The normalized spacial score (nSPS) is 19.6. The SMILES string of the molecule is CCC(c1ccccc1)c1nnc(NCC2CCOC2)o1. The Hall–Kier alpha value is -1.88. The van der Waals surface area contributed by atoms with Crippen LogP contribution in [0.15, 0.2) is 34.7 Å². The van der Waals surface area contributed by atoms with E-state index in [-0.39, 0.29) is 5.92 Å². The quantitative estimate of drug-likeness (QED) is 0.884. The maximum atomic E-state index is 5.78. The Bertz CT molecular complexity index is 550. The van der Waals surface area contributed by atoms with E-state index in [0.29, 0.717) is 17.8 Å². The number of nitrogens with one attached hydrogen (secondary N) is 1. The molecule has 2 heterocycles. The van der Waals surface area contributed by atoms with E-state index in [9.17, 15) is 0 Å². The van der Waals surface area contributed by atoms with Crippen molar-refractivity contribution in [3.05, 3.63) is 41.8 Å². The number of ether oxygens (including phenoxy) is 1. The second-order valence-electron chi connectivity index (χ2n) is 5.43. The van der Waals surface area contributed by atoms with Crippen molar-refractivity contribution >= 4 is 6.01 Å². The summed E-state index contributed by atoms with van der Waals surface area (Å²) in [4.78, 5) is 0. The third kappa shape index (κ3) is 3.42. The first-order chi connectivity index (χ1) is 10.4. The molecule has 1 aliphatic heterocycles. The molecular formula is C16H21N3O2. The maximum absolute atomic E-state index is 5.78. The summed E-state index contributed by atoms with van der Waals surface area (Å²) in [6, 6.07) is 10.8. The molecule has 0 radical (unpaired) electrons. The molecule has 0 saturated carbocycles. The second kappa shape index (κ2) is 6.72. The molecule has 0 spiro atoms. The first-order valence-corrected chi connectivity index (χ1v) is 7.56. The zero-order chi connectivity index (χ0) is 14.5. The number of rotatable bonds is 6. The number of aromatic nitrogens is 2. The highest BCUT2D eigenvalue weighted by Crippen LogP contribution is 2.27. The molecule has 1 aromatic carbocycles. The van der Waals surface area contributed by atoms with Gasteiger partial charge in [0.05, 0.1) is 12.5 Å². The molecule has 3 rings (SSSR count). The van der Waals surface area contributed by atoms with Crippen LogP contribution < -0.4 is 5.32 Å². The fraction of sp³-hybridized carbons (Fsp3) is 0.500. The van der Waals surface area contributed by atoms with Gasteiger partial charge in [-0.25, -0.2) is 0 Å². The van der Waals surface area contributed by atoms with E-state index in [1.54, 1.807) is 0 Å². The lowest BCUT2D eigenvalue weighted by Crippen LogP contribution is -2.14. The average Bonchev–Trinajstić information content (AvgIpc) is 3.19. The number of benzene rings is 1. The molecule has 2 unspecified atom stereocenters. The van der Waals surface area contributed by atoms with Gasteiger partial charge >= 0.3 is 6.01 Å². The van der Waals surface area contributed by atoms with E-state index < -0.39 is 0 Å². The molecule has 1 aliphatic rings. The Morgan fingerprint density at radius 1 is 1.29 bits per heavy atom. The van der Waals surface area contributed by atoms with E-state index in [4.69, 9.17) is 9.15 Å². The Morgan fingerprint density at radius 3 is 2.86 bits per heavy atom. The van der Waals surface area contributed by atoms with Crippen LogP contribution in [-0.4, -0.2) is 30.0 Å². The standard InChI is InChI=1S/C16H21N3O2/c1-2-14(13-6-4-3-5-7-13)15-18-19-16(21-15)17-10-12-8-9-20-11-12/h3-7,12,14H,2,8-11H2,1H3,(H,17,19). The highest BCUT2D eigenvalue weighted by atomic mass is 16.5. The zero-order valence-corrected chi connectivity index (χ0v) is 12.3. The summed E-state index contributed by atoms with van der Waals surface area (Å²) in [6.07, 6.45) is 2.03. The number of hydrogen-bond donors (Lipinski definition) is 1. The lowest BCUT2D eigenvalue weighted by molar-refractivity contribution is 0.187. The fourth-order valence-corrected chi connectivity index (χ4v) is 2.66. The molecule has 112 valence electrons. The monoisotopic (exact) mass is 287 g/mol.